The molecule has 2 heterocycles. The summed E-state index contributed by atoms with van der Waals surface area (Å²) >= 11 is 0. The fourth-order valence-corrected chi connectivity index (χ4v) is 2.30. The molecular formula is C9H13N5O3S. The molecule has 0 bridgehead atoms. The fourth-order valence-electron chi connectivity index (χ4n) is 1.64. The van der Waals surface area contributed by atoms with E-state index < -0.39 is 16.2 Å². The lowest BCUT2D eigenvalue weighted by Crippen LogP contribution is -2.19. The third-order valence-corrected chi connectivity index (χ3v) is 2.90. The quantitative estimate of drug-likeness (QED) is 0.764. The van der Waals surface area contributed by atoms with Crippen molar-refractivity contribution in [3.63, 3.8) is 0 Å². The number of imidazole rings is 1. The summed E-state index contributed by atoms with van der Waals surface area (Å²) < 4.78 is 28.5. The monoisotopic (exact) mass is 271 g/mol. The number of hydrogen-bond acceptors (Lipinski definition) is 7. The summed E-state index contributed by atoms with van der Waals surface area (Å²) in [4.78, 5) is 12.0. The molecule has 0 amide bonds. The summed E-state index contributed by atoms with van der Waals surface area (Å²) in [6.07, 6.45) is 3.35. The van der Waals surface area contributed by atoms with Gasteiger partial charge in [-0.3, -0.25) is 4.18 Å². The number of nitrogens with zero attached hydrogens (tertiary/aromatic N) is 4. The molecule has 98 valence electrons. The van der Waals surface area contributed by atoms with E-state index in [4.69, 9.17) is 9.92 Å². The SMILES string of the molecule is C[C@H](Cn1cnc2c(N)ncnc21)OS(C)(=O)=O. The number of nitrogens with two attached hydrogens (primary N) is 1. The molecule has 0 aliphatic rings. The lowest BCUT2D eigenvalue weighted by Gasteiger charge is -2.11. The minimum absolute atomic E-state index is 0.287. The lowest BCUT2D eigenvalue weighted by atomic mass is 10.4. The maximum absolute atomic E-state index is 11.0. The molecule has 0 aliphatic carbocycles. The van der Waals surface area contributed by atoms with Crippen molar-refractivity contribution < 1.29 is 12.6 Å². The molecule has 0 spiro atoms. The van der Waals surface area contributed by atoms with Crippen LogP contribution in [0.3, 0.4) is 0 Å². The van der Waals surface area contributed by atoms with Gasteiger partial charge in [-0.05, 0) is 6.92 Å². The van der Waals surface area contributed by atoms with Crippen LogP contribution >= 0.6 is 0 Å². The Balaban J connectivity index is 2.25. The molecule has 0 aromatic carbocycles. The number of hydrogen-bond donors (Lipinski definition) is 1. The molecule has 8 nitrogen and oxygen atoms in total. The smallest absolute Gasteiger partial charge is 0.264 e. The minimum Gasteiger partial charge on any atom is -0.382 e. The van der Waals surface area contributed by atoms with Gasteiger partial charge in [0.1, 0.15) is 11.8 Å². The zero-order chi connectivity index (χ0) is 13.3. The second kappa shape index (κ2) is 4.50. The van der Waals surface area contributed by atoms with Gasteiger partial charge in [0.15, 0.2) is 11.5 Å². The molecule has 2 aromatic heterocycles. The van der Waals surface area contributed by atoms with Crippen LogP contribution < -0.4 is 5.73 Å². The molecule has 0 radical (unpaired) electrons. The number of anilines is 1. The average Bonchev–Trinajstić information content (AvgIpc) is 2.60. The molecule has 0 fully saturated rings. The van der Waals surface area contributed by atoms with Crippen molar-refractivity contribution in [1.82, 2.24) is 19.5 Å². The van der Waals surface area contributed by atoms with E-state index in [0.717, 1.165) is 6.26 Å². The first-order chi connectivity index (χ1) is 8.37. The first-order valence-corrected chi connectivity index (χ1v) is 6.98. The van der Waals surface area contributed by atoms with Crippen LogP contribution in [0.15, 0.2) is 12.7 Å². The average molecular weight is 271 g/mol. The maximum Gasteiger partial charge on any atom is 0.264 e. The zero-order valence-corrected chi connectivity index (χ0v) is 10.8. The van der Waals surface area contributed by atoms with Gasteiger partial charge in [0.05, 0.1) is 25.2 Å². The molecular weight excluding hydrogens is 258 g/mol. The fraction of sp³-hybridized carbons (Fsp3) is 0.444. The zero-order valence-electron chi connectivity index (χ0n) is 9.94. The Hall–Kier alpha value is -1.74. The van der Waals surface area contributed by atoms with E-state index >= 15 is 0 Å². The summed E-state index contributed by atoms with van der Waals surface area (Å²) in [7, 11) is -3.48. The topological polar surface area (TPSA) is 113 Å². The molecule has 2 rings (SSSR count). The highest BCUT2D eigenvalue weighted by atomic mass is 32.2. The van der Waals surface area contributed by atoms with Crippen molar-refractivity contribution in [2.75, 3.05) is 12.0 Å². The predicted molar refractivity (Wildman–Crippen MR) is 65.1 cm³/mol. The van der Waals surface area contributed by atoms with Crippen LogP contribution in [0.5, 0.6) is 0 Å². The first-order valence-electron chi connectivity index (χ1n) is 5.16. The van der Waals surface area contributed by atoms with Crippen molar-refractivity contribution in [2.45, 2.75) is 19.6 Å². The normalized spacial score (nSPS) is 13.9. The number of aromatic nitrogens is 4. The predicted octanol–water partition coefficient (Wildman–Crippen LogP) is -0.227. The summed E-state index contributed by atoms with van der Waals surface area (Å²) in [6, 6.07) is 0. The van der Waals surface area contributed by atoms with E-state index in [0.29, 0.717) is 17.7 Å². The van der Waals surface area contributed by atoms with Gasteiger partial charge < -0.3 is 10.3 Å². The Morgan fingerprint density at radius 3 is 2.83 bits per heavy atom. The Kier molecular flexibility index (Phi) is 3.18. The van der Waals surface area contributed by atoms with Gasteiger partial charge in [-0.15, -0.1) is 0 Å². The highest BCUT2D eigenvalue weighted by Crippen LogP contribution is 2.15. The van der Waals surface area contributed by atoms with Crippen LogP contribution in [0, 0.1) is 0 Å². The van der Waals surface area contributed by atoms with Crippen molar-refractivity contribution in [2.24, 2.45) is 0 Å². The number of rotatable bonds is 4. The van der Waals surface area contributed by atoms with Crippen LogP contribution in [-0.4, -0.2) is 40.3 Å². The van der Waals surface area contributed by atoms with Crippen LogP contribution in [-0.2, 0) is 20.8 Å². The Labute approximate surface area is 104 Å². The van der Waals surface area contributed by atoms with Crippen molar-refractivity contribution >= 4 is 27.1 Å². The van der Waals surface area contributed by atoms with E-state index in [1.54, 1.807) is 11.5 Å². The largest absolute Gasteiger partial charge is 0.382 e. The van der Waals surface area contributed by atoms with E-state index in [1.807, 2.05) is 0 Å². The van der Waals surface area contributed by atoms with Crippen molar-refractivity contribution in [3.8, 4) is 0 Å². The molecule has 2 aromatic rings. The standard InChI is InChI=1S/C9H13N5O3S/c1-6(17-18(2,15)16)3-14-5-13-7-8(10)11-4-12-9(7)14/h4-6H,3H2,1-2H3,(H2,10,11,12)/t6-/m1/s1. The van der Waals surface area contributed by atoms with Gasteiger partial charge in [-0.25, -0.2) is 15.0 Å². The molecule has 0 saturated carbocycles. The second-order valence-electron chi connectivity index (χ2n) is 3.94. The van der Waals surface area contributed by atoms with E-state index in [-0.39, 0.29) is 5.82 Å². The second-order valence-corrected chi connectivity index (χ2v) is 5.54. The minimum atomic E-state index is -3.48. The van der Waals surface area contributed by atoms with Gasteiger partial charge in [-0.1, -0.05) is 0 Å². The van der Waals surface area contributed by atoms with Gasteiger partial charge in [0.25, 0.3) is 10.1 Å². The van der Waals surface area contributed by atoms with Crippen molar-refractivity contribution in [1.29, 1.82) is 0 Å². The molecule has 0 unspecified atom stereocenters. The third kappa shape index (κ3) is 2.74. The summed E-state index contributed by atoms with van der Waals surface area (Å²) in [6.45, 7) is 1.96. The van der Waals surface area contributed by atoms with E-state index in [1.165, 1.54) is 12.7 Å². The van der Waals surface area contributed by atoms with Crippen LogP contribution in [0.25, 0.3) is 11.2 Å². The highest BCUT2D eigenvalue weighted by molar-refractivity contribution is 7.86. The van der Waals surface area contributed by atoms with Crippen LogP contribution in [0.2, 0.25) is 0 Å². The number of nitrogen functional groups attached to an aromatic ring is 1. The number of fused-ring (bicyclic) bond motifs is 1. The Morgan fingerprint density at radius 2 is 2.17 bits per heavy atom. The Bertz CT molecular complexity index is 666. The molecule has 9 heteroatoms. The molecule has 2 N–H and O–H groups in total. The summed E-state index contributed by atoms with van der Waals surface area (Å²) in [5, 5.41) is 0. The summed E-state index contributed by atoms with van der Waals surface area (Å²) in [5.74, 6) is 0.287. The van der Waals surface area contributed by atoms with Gasteiger partial charge in [0, 0.05) is 0 Å². The van der Waals surface area contributed by atoms with Gasteiger partial charge >= 0.3 is 0 Å². The molecule has 18 heavy (non-hydrogen) atoms. The molecule has 1 atom stereocenters. The van der Waals surface area contributed by atoms with Gasteiger partial charge in [-0.2, -0.15) is 8.42 Å². The van der Waals surface area contributed by atoms with Crippen molar-refractivity contribution in [3.05, 3.63) is 12.7 Å². The van der Waals surface area contributed by atoms with Crippen LogP contribution in [0.4, 0.5) is 5.82 Å². The molecule has 0 aliphatic heterocycles. The first kappa shape index (κ1) is 12.7. The summed E-state index contributed by atoms with van der Waals surface area (Å²) in [5.41, 5.74) is 6.69. The van der Waals surface area contributed by atoms with Gasteiger partial charge in [0.2, 0.25) is 0 Å². The third-order valence-electron chi connectivity index (χ3n) is 2.22. The lowest BCUT2D eigenvalue weighted by molar-refractivity contribution is 0.210. The van der Waals surface area contributed by atoms with E-state index in [9.17, 15) is 8.42 Å². The molecule has 0 saturated heterocycles. The van der Waals surface area contributed by atoms with E-state index in [2.05, 4.69) is 15.0 Å². The maximum atomic E-state index is 11.0. The Morgan fingerprint density at radius 1 is 1.44 bits per heavy atom. The van der Waals surface area contributed by atoms with Crippen LogP contribution in [0.1, 0.15) is 6.92 Å². The highest BCUT2D eigenvalue weighted by Gasteiger charge is 2.14.